The molecule has 1 aliphatic rings. The summed E-state index contributed by atoms with van der Waals surface area (Å²) in [5.74, 6) is -1.54. The second kappa shape index (κ2) is 4.84. The largest absolute Gasteiger partial charge is 0.480 e. The van der Waals surface area contributed by atoms with Crippen molar-refractivity contribution >= 4 is 11.9 Å². The number of hydrogen-bond acceptors (Lipinski definition) is 4. The fourth-order valence-electron chi connectivity index (χ4n) is 1.62. The SMILES string of the molecule is N#Cc1ccc(C(=O)NC(C(=O)O)C2CC2)nc1. The molecule has 0 spiro atoms. The van der Waals surface area contributed by atoms with Gasteiger partial charge in [0.15, 0.2) is 0 Å². The first kappa shape index (κ1) is 12.0. The second-order valence-electron chi connectivity index (χ2n) is 4.17. The molecule has 0 bridgehead atoms. The predicted molar refractivity (Wildman–Crippen MR) is 60.6 cm³/mol. The van der Waals surface area contributed by atoms with E-state index in [0.717, 1.165) is 12.8 Å². The first-order chi connectivity index (χ1) is 8.61. The lowest BCUT2D eigenvalue weighted by Gasteiger charge is -2.12. The van der Waals surface area contributed by atoms with Gasteiger partial charge in [-0.05, 0) is 30.9 Å². The number of rotatable bonds is 4. The van der Waals surface area contributed by atoms with Crippen LogP contribution in [0.1, 0.15) is 28.9 Å². The van der Waals surface area contributed by atoms with Crippen molar-refractivity contribution in [1.82, 2.24) is 10.3 Å². The minimum Gasteiger partial charge on any atom is -0.480 e. The summed E-state index contributed by atoms with van der Waals surface area (Å²) in [4.78, 5) is 26.6. The smallest absolute Gasteiger partial charge is 0.326 e. The summed E-state index contributed by atoms with van der Waals surface area (Å²) >= 11 is 0. The van der Waals surface area contributed by atoms with E-state index in [1.54, 1.807) is 0 Å². The molecule has 0 aliphatic heterocycles. The first-order valence-electron chi connectivity index (χ1n) is 5.51. The molecule has 92 valence electrons. The van der Waals surface area contributed by atoms with Gasteiger partial charge in [-0.2, -0.15) is 5.26 Å². The number of aliphatic carboxylic acids is 1. The molecule has 1 heterocycles. The van der Waals surface area contributed by atoms with Crippen molar-refractivity contribution in [2.75, 3.05) is 0 Å². The minimum absolute atomic E-state index is 0.0184. The van der Waals surface area contributed by atoms with Gasteiger partial charge >= 0.3 is 5.97 Å². The van der Waals surface area contributed by atoms with Crippen molar-refractivity contribution in [3.8, 4) is 6.07 Å². The zero-order chi connectivity index (χ0) is 13.1. The molecule has 6 heteroatoms. The van der Waals surface area contributed by atoms with Gasteiger partial charge in [0.2, 0.25) is 0 Å². The van der Waals surface area contributed by atoms with Gasteiger partial charge in [-0.1, -0.05) is 0 Å². The van der Waals surface area contributed by atoms with Crippen molar-refractivity contribution in [3.05, 3.63) is 29.6 Å². The maximum Gasteiger partial charge on any atom is 0.326 e. The molecule has 1 aliphatic carbocycles. The lowest BCUT2D eigenvalue weighted by molar-refractivity contribution is -0.139. The number of nitrogens with zero attached hydrogens (tertiary/aromatic N) is 2. The van der Waals surface area contributed by atoms with Crippen molar-refractivity contribution in [1.29, 1.82) is 5.26 Å². The van der Waals surface area contributed by atoms with E-state index in [1.165, 1.54) is 18.3 Å². The highest BCUT2D eigenvalue weighted by molar-refractivity contribution is 5.95. The highest BCUT2D eigenvalue weighted by Crippen LogP contribution is 2.32. The molecule has 0 radical (unpaired) electrons. The highest BCUT2D eigenvalue weighted by atomic mass is 16.4. The summed E-state index contributed by atoms with van der Waals surface area (Å²) in [6.45, 7) is 0. The number of carboxylic acids is 1. The van der Waals surface area contributed by atoms with E-state index in [0.29, 0.717) is 5.56 Å². The summed E-state index contributed by atoms with van der Waals surface area (Å²) in [6, 6.07) is 3.91. The second-order valence-corrected chi connectivity index (χ2v) is 4.17. The van der Waals surface area contributed by atoms with E-state index in [4.69, 9.17) is 10.4 Å². The fourth-order valence-corrected chi connectivity index (χ4v) is 1.62. The quantitative estimate of drug-likeness (QED) is 0.806. The summed E-state index contributed by atoms with van der Waals surface area (Å²) < 4.78 is 0. The first-order valence-corrected chi connectivity index (χ1v) is 5.51. The van der Waals surface area contributed by atoms with Crippen LogP contribution < -0.4 is 5.32 Å². The number of aromatic nitrogens is 1. The molecule has 0 saturated heterocycles. The van der Waals surface area contributed by atoms with Crippen LogP contribution in [0, 0.1) is 17.2 Å². The van der Waals surface area contributed by atoms with Crippen LogP contribution in [-0.2, 0) is 4.79 Å². The molecule has 1 unspecified atom stereocenters. The van der Waals surface area contributed by atoms with Gasteiger partial charge in [-0.3, -0.25) is 4.79 Å². The van der Waals surface area contributed by atoms with Crippen LogP contribution in [0.5, 0.6) is 0 Å². The van der Waals surface area contributed by atoms with Crippen molar-refractivity contribution in [3.63, 3.8) is 0 Å². The van der Waals surface area contributed by atoms with Crippen molar-refractivity contribution in [2.45, 2.75) is 18.9 Å². The summed E-state index contributed by atoms with van der Waals surface area (Å²) in [5.41, 5.74) is 0.462. The monoisotopic (exact) mass is 245 g/mol. The molecule has 1 atom stereocenters. The number of nitrogens with one attached hydrogen (secondary N) is 1. The van der Waals surface area contributed by atoms with Crippen LogP contribution >= 0.6 is 0 Å². The Morgan fingerprint density at radius 1 is 1.50 bits per heavy atom. The zero-order valence-electron chi connectivity index (χ0n) is 9.46. The van der Waals surface area contributed by atoms with E-state index < -0.39 is 17.9 Å². The number of hydrogen-bond donors (Lipinski definition) is 2. The Kier molecular flexibility index (Phi) is 3.24. The maximum absolute atomic E-state index is 11.8. The van der Waals surface area contributed by atoms with E-state index in [2.05, 4.69) is 10.3 Å². The normalized spacial score (nSPS) is 15.5. The summed E-state index contributed by atoms with van der Waals surface area (Å²) in [7, 11) is 0. The number of carboxylic acid groups (broad SMARTS) is 1. The van der Waals surface area contributed by atoms with Crippen molar-refractivity contribution < 1.29 is 14.7 Å². The molecule has 1 amide bonds. The molecule has 18 heavy (non-hydrogen) atoms. The van der Waals surface area contributed by atoms with Crippen molar-refractivity contribution in [2.24, 2.45) is 5.92 Å². The van der Waals surface area contributed by atoms with E-state index in [-0.39, 0.29) is 11.6 Å². The molecule has 1 aromatic rings. The Morgan fingerprint density at radius 2 is 2.22 bits per heavy atom. The van der Waals surface area contributed by atoms with E-state index >= 15 is 0 Å². The number of nitriles is 1. The Bertz CT molecular complexity index is 514. The van der Waals surface area contributed by atoms with Crippen LogP contribution in [0.25, 0.3) is 0 Å². The standard InChI is InChI=1S/C12H11N3O3/c13-5-7-1-4-9(14-6-7)11(16)15-10(12(17)18)8-2-3-8/h1,4,6,8,10H,2-3H2,(H,15,16)(H,17,18). The lowest BCUT2D eigenvalue weighted by atomic mass is 10.2. The van der Waals surface area contributed by atoms with Gasteiger partial charge in [0.25, 0.3) is 5.91 Å². The van der Waals surface area contributed by atoms with Gasteiger partial charge in [0, 0.05) is 6.20 Å². The molecule has 1 fully saturated rings. The predicted octanol–water partition coefficient (Wildman–Crippen LogP) is 0.546. The molecule has 2 N–H and O–H groups in total. The third kappa shape index (κ3) is 2.63. The van der Waals surface area contributed by atoms with E-state index in [9.17, 15) is 9.59 Å². The van der Waals surface area contributed by atoms with Crippen LogP contribution in [0.3, 0.4) is 0 Å². The van der Waals surface area contributed by atoms with Gasteiger partial charge < -0.3 is 10.4 Å². The number of carbonyl (C=O) groups is 2. The van der Waals surface area contributed by atoms with Gasteiger partial charge in [0.05, 0.1) is 5.56 Å². The van der Waals surface area contributed by atoms with Gasteiger partial charge in [0.1, 0.15) is 17.8 Å². The molecule has 2 rings (SSSR count). The van der Waals surface area contributed by atoms with Crippen LogP contribution in [0.2, 0.25) is 0 Å². The fraction of sp³-hybridized carbons (Fsp3) is 0.333. The minimum atomic E-state index is -1.03. The summed E-state index contributed by atoms with van der Waals surface area (Å²) in [6.07, 6.45) is 2.91. The lowest BCUT2D eigenvalue weighted by Crippen LogP contribution is -2.42. The number of pyridine rings is 1. The Morgan fingerprint density at radius 3 is 2.67 bits per heavy atom. The zero-order valence-corrected chi connectivity index (χ0v) is 9.46. The van der Waals surface area contributed by atoms with Crippen LogP contribution in [-0.4, -0.2) is 28.0 Å². The molecular weight excluding hydrogens is 234 g/mol. The molecular formula is C12H11N3O3. The third-order valence-electron chi connectivity index (χ3n) is 2.77. The Balaban J connectivity index is 2.06. The third-order valence-corrected chi connectivity index (χ3v) is 2.77. The Hall–Kier alpha value is -2.42. The average Bonchev–Trinajstić information content (AvgIpc) is 3.19. The van der Waals surface area contributed by atoms with Crippen LogP contribution in [0.15, 0.2) is 18.3 Å². The topological polar surface area (TPSA) is 103 Å². The molecule has 6 nitrogen and oxygen atoms in total. The average molecular weight is 245 g/mol. The van der Waals surface area contributed by atoms with E-state index in [1.807, 2.05) is 6.07 Å². The molecule has 1 saturated carbocycles. The number of carbonyl (C=O) groups excluding carboxylic acids is 1. The number of amides is 1. The molecule has 1 aromatic heterocycles. The maximum atomic E-state index is 11.8. The Labute approximate surface area is 103 Å². The molecule has 0 aromatic carbocycles. The van der Waals surface area contributed by atoms with Gasteiger partial charge in [-0.15, -0.1) is 0 Å². The summed E-state index contributed by atoms with van der Waals surface area (Å²) in [5, 5.41) is 20.0. The van der Waals surface area contributed by atoms with Gasteiger partial charge in [-0.25, -0.2) is 9.78 Å². The highest BCUT2D eigenvalue weighted by Gasteiger charge is 2.37. The van der Waals surface area contributed by atoms with Crippen LogP contribution in [0.4, 0.5) is 0 Å².